The second kappa shape index (κ2) is 8.55. The van der Waals surface area contributed by atoms with E-state index in [1.807, 2.05) is 37.3 Å². The molecule has 0 bridgehead atoms. The average Bonchev–Trinajstić information content (AvgIpc) is 3.25. The Labute approximate surface area is 175 Å². The summed E-state index contributed by atoms with van der Waals surface area (Å²) >= 11 is 0. The summed E-state index contributed by atoms with van der Waals surface area (Å²) in [6, 6.07) is 11.9. The van der Waals surface area contributed by atoms with Gasteiger partial charge in [-0.15, -0.1) is 10.2 Å². The maximum absolute atomic E-state index is 9.61. The highest BCUT2D eigenvalue weighted by Gasteiger charge is 2.30. The Morgan fingerprint density at radius 3 is 2.50 bits per heavy atom. The van der Waals surface area contributed by atoms with E-state index in [1.54, 1.807) is 7.11 Å². The van der Waals surface area contributed by atoms with Crippen molar-refractivity contribution in [2.45, 2.75) is 31.7 Å². The number of methoxy groups -OCH3 is 1. The molecule has 30 heavy (non-hydrogen) atoms. The van der Waals surface area contributed by atoms with Gasteiger partial charge in [-0.2, -0.15) is 0 Å². The average molecular weight is 409 g/mol. The summed E-state index contributed by atoms with van der Waals surface area (Å²) in [5, 5.41) is 18.1. The monoisotopic (exact) mass is 409 g/mol. The molecule has 0 saturated heterocycles. The molecule has 0 amide bonds. The van der Waals surface area contributed by atoms with E-state index in [0.29, 0.717) is 31.4 Å². The number of ether oxygens (including phenoxy) is 2. The number of aromatic nitrogens is 2. The number of fused-ring (bicyclic) bond motifs is 1. The van der Waals surface area contributed by atoms with Crippen LogP contribution in [0.2, 0.25) is 0 Å². The topological polar surface area (TPSA) is 104 Å². The van der Waals surface area contributed by atoms with Crippen molar-refractivity contribution in [3.05, 3.63) is 53.1 Å². The van der Waals surface area contributed by atoms with Crippen LogP contribution in [0.1, 0.15) is 23.1 Å². The van der Waals surface area contributed by atoms with Crippen LogP contribution >= 0.6 is 0 Å². The molecular weight excluding hydrogens is 382 g/mol. The molecule has 2 aromatic carbocycles. The highest BCUT2D eigenvalue weighted by molar-refractivity contribution is 5.61. The minimum Gasteiger partial charge on any atom is -0.491 e. The van der Waals surface area contributed by atoms with Crippen LogP contribution in [-0.2, 0) is 17.6 Å². The normalized spacial score (nSPS) is 18.3. The van der Waals surface area contributed by atoms with Gasteiger partial charge in [0, 0.05) is 23.8 Å². The summed E-state index contributed by atoms with van der Waals surface area (Å²) in [5.41, 5.74) is 10.8. The third-order valence-electron chi connectivity index (χ3n) is 5.59. The maximum Gasteiger partial charge on any atom is 0.248 e. The standard InChI is InChI=1S/C23H27N3O4/c1-15-11-17(5-6-20(15)29-10-9-28-2)21-25-26-22(30-21)18-4-3-16-7-8-23(24,14-27)13-19(16)12-18/h3-6,11-12,27H,7-10,13-14,24H2,1-2H3. The molecule has 1 unspecified atom stereocenters. The molecule has 0 radical (unpaired) electrons. The number of aryl methyl sites for hydroxylation is 2. The van der Waals surface area contributed by atoms with Crippen molar-refractivity contribution in [1.82, 2.24) is 10.2 Å². The molecule has 7 nitrogen and oxygen atoms in total. The molecule has 7 heteroatoms. The lowest BCUT2D eigenvalue weighted by Crippen LogP contribution is -2.48. The Morgan fingerprint density at radius 2 is 1.80 bits per heavy atom. The van der Waals surface area contributed by atoms with Gasteiger partial charge in [-0.1, -0.05) is 6.07 Å². The molecule has 1 heterocycles. The van der Waals surface area contributed by atoms with Gasteiger partial charge >= 0.3 is 0 Å². The zero-order valence-corrected chi connectivity index (χ0v) is 17.4. The highest BCUT2D eigenvalue weighted by atomic mass is 16.5. The minimum atomic E-state index is -0.559. The lowest BCUT2D eigenvalue weighted by atomic mass is 9.78. The fraction of sp³-hybridized carbons (Fsp3) is 0.391. The molecule has 1 aliphatic carbocycles. The van der Waals surface area contributed by atoms with Gasteiger partial charge in [0.1, 0.15) is 12.4 Å². The Hall–Kier alpha value is -2.74. The summed E-state index contributed by atoms with van der Waals surface area (Å²) in [6.07, 6.45) is 2.28. The van der Waals surface area contributed by atoms with Crippen LogP contribution in [0.3, 0.4) is 0 Å². The predicted molar refractivity (Wildman–Crippen MR) is 113 cm³/mol. The van der Waals surface area contributed by atoms with E-state index >= 15 is 0 Å². The lowest BCUT2D eigenvalue weighted by molar-refractivity contribution is 0.146. The number of aliphatic hydroxyl groups excluding tert-OH is 1. The molecular formula is C23H27N3O4. The zero-order chi connectivity index (χ0) is 21.1. The third kappa shape index (κ3) is 4.23. The van der Waals surface area contributed by atoms with Gasteiger partial charge in [-0.05, 0) is 73.2 Å². The van der Waals surface area contributed by atoms with Crippen molar-refractivity contribution in [1.29, 1.82) is 0 Å². The number of hydrogen-bond donors (Lipinski definition) is 2. The SMILES string of the molecule is COCCOc1ccc(-c2nnc(-c3ccc4c(c3)CC(N)(CO)CC4)o2)cc1C. The Kier molecular flexibility index (Phi) is 5.85. The molecule has 1 aliphatic rings. The van der Waals surface area contributed by atoms with E-state index in [9.17, 15) is 5.11 Å². The summed E-state index contributed by atoms with van der Waals surface area (Å²) in [5.74, 6) is 1.72. The van der Waals surface area contributed by atoms with Crippen LogP contribution < -0.4 is 10.5 Å². The molecule has 1 atom stereocenters. The molecule has 4 rings (SSSR count). The van der Waals surface area contributed by atoms with E-state index < -0.39 is 5.54 Å². The fourth-order valence-electron chi connectivity index (χ4n) is 3.79. The van der Waals surface area contributed by atoms with Crippen LogP contribution in [0, 0.1) is 6.92 Å². The smallest absolute Gasteiger partial charge is 0.248 e. The predicted octanol–water partition coefficient (Wildman–Crippen LogP) is 2.92. The first kappa shape index (κ1) is 20.5. The van der Waals surface area contributed by atoms with Crippen LogP contribution in [0.25, 0.3) is 22.9 Å². The van der Waals surface area contributed by atoms with E-state index in [1.165, 1.54) is 5.56 Å². The van der Waals surface area contributed by atoms with Crippen LogP contribution in [0.5, 0.6) is 5.75 Å². The number of rotatable bonds is 7. The van der Waals surface area contributed by atoms with Crippen LogP contribution in [0.4, 0.5) is 0 Å². The Balaban J connectivity index is 1.55. The van der Waals surface area contributed by atoms with E-state index in [4.69, 9.17) is 19.6 Å². The molecule has 3 N–H and O–H groups in total. The molecule has 0 fully saturated rings. The van der Waals surface area contributed by atoms with Crippen molar-refractivity contribution in [3.8, 4) is 28.7 Å². The molecule has 0 aliphatic heterocycles. The second-order valence-electron chi connectivity index (χ2n) is 7.91. The minimum absolute atomic E-state index is 0.0219. The number of aliphatic hydroxyl groups is 1. The van der Waals surface area contributed by atoms with Crippen molar-refractivity contribution in [2.24, 2.45) is 5.73 Å². The van der Waals surface area contributed by atoms with Crippen LogP contribution in [-0.4, -0.2) is 47.8 Å². The van der Waals surface area contributed by atoms with Gasteiger partial charge in [0.2, 0.25) is 11.8 Å². The first-order chi connectivity index (χ1) is 14.5. The highest BCUT2D eigenvalue weighted by Crippen LogP contribution is 2.32. The first-order valence-electron chi connectivity index (χ1n) is 10.1. The van der Waals surface area contributed by atoms with Gasteiger partial charge < -0.3 is 24.7 Å². The summed E-state index contributed by atoms with van der Waals surface area (Å²) in [7, 11) is 1.65. The van der Waals surface area contributed by atoms with Crippen molar-refractivity contribution < 1.29 is 19.0 Å². The molecule has 1 aromatic heterocycles. The summed E-state index contributed by atoms with van der Waals surface area (Å²) < 4.78 is 16.7. The maximum atomic E-state index is 9.61. The molecule has 158 valence electrons. The fourth-order valence-corrected chi connectivity index (χ4v) is 3.79. The van der Waals surface area contributed by atoms with Gasteiger partial charge in [0.25, 0.3) is 0 Å². The van der Waals surface area contributed by atoms with Gasteiger partial charge in [-0.25, -0.2) is 0 Å². The van der Waals surface area contributed by atoms with Crippen molar-refractivity contribution >= 4 is 0 Å². The molecule has 3 aromatic rings. The third-order valence-corrected chi connectivity index (χ3v) is 5.59. The quantitative estimate of drug-likeness (QED) is 0.578. The van der Waals surface area contributed by atoms with E-state index in [-0.39, 0.29) is 6.61 Å². The Bertz CT molecular complexity index is 1030. The van der Waals surface area contributed by atoms with Crippen LogP contribution in [0.15, 0.2) is 40.8 Å². The van der Waals surface area contributed by atoms with E-state index in [0.717, 1.165) is 40.8 Å². The first-order valence-corrected chi connectivity index (χ1v) is 10.1. The Morgan fingerprint density at radius 1 is 1.07 bits per heavy atom. The van der Waals surface area contributed by atoms with Crippen molar-refractivity contribution in [3.63, 3.8) is 0 Å². The second-order valence-corrected chi connectivity index (χ2v) is 7.91. The number of benzene rings is 2. The van der Waals surface area contributed by atoms with Gasteiger partial charge in [0.05, 0.1) is 13.2 Å². The molecule has 0 saturated carbocycles. The summed E-state index contributed by atoms with van der Waals surface area (Å²) in [6.45, 7) is 3.00. The summed E-state index contributed by atoms with van der Waals surface area (Å²) in [4.78, 5) is 0. The zero-order valence-electron chi connectivity index (χ0n) is 17.4. The van der Waals surface area contributed by atoms with E-state index in [2.05, 4.69) is 16.3 Å². The number of nitrogens with two attached hydrogens (primary N) is 1. The van der Waals surface area contributed by atoms with Gasteiger partial charge in [-0.3, -0.25) is 0 Å². The lowest BCUT2D eigenvalue weighted by Gasteiger charge is -2.33. The number of nitrogens with zero attached hydrogens (tertiary/aromatic N) is 2. The molecule has 0 spiro atoms. The largest absolute Gasteiger partial charge is 0.491 e. The van der Waals surface area contributed by atoms with Gasteiger partial charge in [0.15, 0.2) is 0 Å². The van der Waals surface area contributed by atoms with Crippen molar-refractivity contribution in [2.75, 3.05) is 26.9 Å². The number of hydrogen-bond acceptors (Lipinski definition) is 7.